The Morgan fingerprint density at radius 1 is 0.552 bits per heavy atom. The molecule has 19 nitrogen and oxygen atoms in total. The highest BCUT2D eigenvalue weighted by molar-refractivity contribution is 9.11. The molecule has 3 unspecified atom stereocenters. The van der Waals surface area contributed by atoms with Crippen molar-refractivity contribution in [2.45, 2.75) is 97.6 Å². The molecular formula is C79H74BBr3F3N5O14. The van der Waals surface area contributed by atoms with E-state index in [1.165, 1.54) is 38.0 Å². The van der Waals surface area contributed by atoms with Crippen LogP contribution in [-0.2, 0) is 85.8 Å². The number of pyridine rings is 5. The van der Waals surface area contributed by atoms with Gasteiger partial charge in [-0.25, -0.2) is 14.4 Å². The third-order valence-corrected chi connectivity index (χ3v) is 18.3. The minimum Gasteiger partial charge on any atom is -0.462 e. The summed E-state index contributed by atoms with van der Waals surface area (Å²) in [5.41, 5.74) is 4.80. The maximum absolute atomic E-state index is 12.8. The van der Waals surface area contributed by atoms with Crippen LogP contribution in [0.4, 0.5) is 13.2 Å². The molecule has 5 heterocycles. The first-order chi connectivity index (χ1) is 49.5. The van der Waals surface area contributed by atoms with Gasteiger partial charge in [0.05, 0.1) is 36.5 Å². The molecule has 0 amide bonds. The van der Waals surface area contributed by atoms with Gasteiger partial charge in [-0.3, -0.25) is 24.4 Å². The first kappa shape index (κ1) is 82.5. The third kappa shape index (κ3) is 19.4. The van der Waals surface area contributed by atoms with Crippen LogP contribution in [0.5, 0.6) is 0 Å². The van der Waals surface area contributed by atoms with Crippen LogP contribution in [0, 0.1) is 36.0 Å². The van der Waals surface area contributed by atoms with Crippen molar-refractivity contribution >= 4 is 95.0 Å². The quantitative estimate of drug-likeness (QED) is 0.0349. The molecule has 5 N–H and O–H groups in total. The molecule has 3 atom stereocenters. The van der Waals surface area contributed by atoms with Gasteiger partial charge in [0.25, 0.3) is 16.7 Å². The molecule has 0 saturated heterocycles. The highest BCUT2D eigenvalue weighted by atomic mass is 79.9. The Kier molecular flexibility index (Phi) is 27.8. The van der Waals surface area contributed by atoms with Gasteiger partial charge >= 0.3 is 31.2 Å². The van der Waals surface area contributed by atoms with Gasteiger partial charge < -0.3 is 53.3 Å². The maximum Gasteiger partial charge on any atom is 0.490 e. The zero-order valence-electron chi connectivity index (χ0n) is 59.1. The van der Waals surface area contributed by atoms with Crippen molar-refractivity contribution in [3.63, 3.8) is 0 Å². The van der Waals surface area contributed by atoms with Crippen molar-refractivity contribution in [1.82, 2.24) is 23.7 Å². The summed E-state index contributed by atoms with van der Waals surface area (Å²) < 4.78 is 59.5. The zero-order valence-corrected chi connectivity index (χ0v) is 63.8. The van der Waals surface area contributed by atoms with Gasteiger partial charge in [0.2, 0.25) is 5.60 Å². The molecule has 3 aliphatic rings. The third-order valence-electron chi connectivity index (χ3n) is 16.7. The van der Waals surface area contributed by atoms with Gasteiger partial charge in [-0.1, -0.05) is 133 Å². The highest BCUT2D eigenvalue weighted by Crippen LogP contribution is 2.41. The van der Waals surface area contributed by atoms with E-state index in [9.17, 15) is 57.3 Å². The molecular weight excluding hydrogens is 1550 g/mol. The zero-order chi connectivity index (χ0) is 77.6. The summed E-state index contributed by atoms with van der Waals surface area (Å²) >= 11 is 9.82. The number of aryl methyl sites for hydroxylation is 3. The van der Waals surface area contributed by atoms with Crippen LogP contribution in [0.1, 0.15) is 117 Å². The highest BCUT2D eigenvalue weighted by Gasteiger charge is 2.54. The molecule has 0 spiro atoms. The van der Waals surface area contributed by atoms with Gasteiger partial charge in [-0.05, 0) is 136 Å². The molecule has 3 aromatic carbocycles. The van der Waals surface area contributed by atoms with E-state index in [4.69, 9.17) is 30.7 Å². The molecule has 8 aromatic rings. The fraction of sp³-hybridized carbons (Fsp3) is 0.266. The summed E-state index contributed by atoms with van der Waals surface area (Å²) in [6.45, 7) is 14.8. The normalized spacial score (nSPS) is 14.0. The van der Waals surface area contributed by atoms with Crippen molar-refractivity contribution in [2.24, 2.45) is 21.1 Å². The van der Waals surface area contributed by atoms with Gasteiger partial charge in [0, 0.05) is 153 Å². The first-order valence-corrected chi connectivity index (χ1v) is 34.9. The van der Waals surface area contributed by atoms with Crippen molar-refractivity contribution in [1.29, 1.82) is 0 Å². The number of hydrogen-bond acceptors (Lipinski definition) is 16. The molecule has 544 valence electrons. The van der Waals surface area contributed by atoms with Gasteiger partial charge in [0.15, 0.2) is 0 Å². The maximum atomic E-state index is 12.8. The van der Waals surface area contributed by atoms with E-state index in [1.807, 2.05) is 69.3 Å². The van der Waals surface area contributed by atoms with Gasteiger partial charge in [-0.2, -0.15) is 13.2 Å². The summed E-state index contributed by atoms with van der Waals surface area (Å²) in [6.07, 6.45) is 12.4. The number of terminal acetylenes is 1. The average molecular weight is 1620 g/mol. The first-order valence-electron chi connectivity index (χ1n) is 32.5. The predicted octanol–water partition coefficient (Wildman–Crippen LogP) is 10.5. The summed E-state index contributed by atoms with van der Waals surface area (Å²) in [5.74, 6) is 12.0. The predicted molar refractivity (Wildman–Crippen MR) is 405 cm³/mol. The molecule has 105 heavy (non-hydrogen) atoms. The molecule has 0 aliphatic heterocycles. The summed E-state index contributed by atoms with van der Waals surface area (Å²) in [7, 11) is 3.60. The van der Waals surface area contributed by atoms with Crippen molar-refractivity contribution < 1.29 is 67.1 Å². The molecule has 0 bridgehead atoms. The second kappa shape index (κ2) is 35.3. The molecule has 3 aliphatic carbocycles. The molecule has 11 rings (SSSR count). The lowest BCUT2D eigenvalue weighted by atomic mass is 9.82. The topological polar surface area (TPSA) is 272 Å². The molecule has 0 fully saturated rings. The summed E-state index contributed by atoms with van der Waals surface area (Å²) in [6, 6.07) is 27.0. The lowest BCUT2D eigenvalue weighted by Crippen LogP contribution is -2.40. The van der Waals surface area contributed by atoms with E-state index in [0.717, 1.165) is 48.9 Å². The van der Waals surface area contributed by atoms with Crippen LogP contribution < -0.4 is 22.1 Å². The molecule has 0 saturated carbocycles. The Bertz CT molecular complexity index is 5130. The number of aliphatic hydroxyl groups is 3. The molecule has 5 aromatic heterocycles. The lowest BCUT2D eigenvalue weighted by molar-refractivity contribution is -0.240. The number of hydrogen-bond donors (Lipinski definition) is 5. The standard InChI is InChI=1S/C28H26N2O4.C23H22BrNO4.C13H14BrNO3.C10H6BrF3O.C5H6BNO2/c1-5-34-27(32)24-18(2)14-23-25(24)21(17-30(4)26(23)31)11-12-28(3,33)22-10-6-8-19(15-22)20-9-7-13-29-16-20;1-5-29-22(27)19-14(2)11-18-20(19)15(13-25(4)21(18)26)9-10-23(3,28)16-7-6-8-17(24)12-16;1-4-18-13(17)10-7(2)5-8-11(10)9(14)6-15(3)12(8)16;1-2-9(15,10(12,13)14)7-4-3-5-8(11)6-7;8-6(9)5-2-1-3-7-4-5/h6-10,13,15-17,33H,5,14H2,1-4H3;6-8,12-13,28H,5,11H2,1-4H3;6H,4-5H2,1-3H3;1,3-6,15H;1-4,8-9H. The number of alkyl halides is 3. The van der Waals surface area contributed by atoms with E-state index in [-0.39, 0.29) is 41.4 Å². The van der Waals surface area contributed by atoms with Crippen LogP contribution >= 0.6 is 47.8 Å². The number of benzene rings is 3. The van der Waals surface area contributed by atoms with E-state index in [2.05, 4.69) is 81.4 Å². The lowest BCUT2D eigenvalue weighted by Gasteiger charge is -2.25. The van der Waals surface area contributed by atoms with E-state index >= 15 is 0 Å². The van der Waals surface area contributed by atoms with Gasteiger partial charge in [-0.15, -0.1) is 6.42 Å². The summed E-state index contributed by atoms with van der Waals surface area (Å²) in [4.78, 5) is 82.4. The minimum absolute atomic E-state index is 0.0631. The van der Waals surface area contributed by atoms with Crippen molar-refractivity contribution in [3.8, 4) is 47.2 Å². The second-order valence-corrected chi connectivity index (χ2v) is 27.2. The number of aromatic nitrogens is 5. The van der Waals surface area contributed by atoms with Crippen molar-refractivity contribution in [2.75, 3.05) is 19.8 Å². The molecule has 0 radical (unpaired) electrons. The number of ether oxygens (including phenoxy) is 3. The Labute approximate surface area is 630 Å². The number of allylic oxidation sites excluding steroid dienone is 3. The number of rotatable bonds is 11. The Morgan fingerprint density at radius 2 is 0.933 bits per heavy atom. The largest absolute Gasteiger partial charge is 0.490 e. The number of nitrogens with zero attached hydrogens (tertiary/aromatic N) is 5. The minimum atomic E-state index is -4.90. The Morgan fingerprint density at radius 3 is 1.31 bits per heavy atom. The van der Waals surface area contributed by atoms with Crippen LogP contribution in [0.15, 0.2) is 185 Å². The van der Waals surface area contributed by atoms with Crippen molar-refractivity contribution in [3.05, 3.63) is 263 Å². The van der Waals surface area contributed by atoms with Crippen LogP contribution in [-0.4, -0.2) is 100 Å². The number of esters is 3. The fourth-order valence-electron chi connectivity index (χ4n) is 11.4. The van der Waals surface area contributed by atoms with Crippen LogP contribution in [0.25, 0.3) is 27.8 Å². The Balaban J connectivity index is 0.000000195. The van der Waals surface area contributed by atoms with Crippen LogP contribution in [0.3, 0.4) is 0 Å². The second-order valence-electron chi connectivity index (χ2n) is 24.5. The monoisotopic (exact) mass is 1620 g/mol. The number of carbonyl (C=O) groups is 3. The van der Waals surface area contributed by atoms with E-state index < -0.39 is 42.0 Å². The SMILES string of the molecule is C#CC(O)(c1cccc(Br)c1)C(F)(F)F.CCOC(=O)C1=C(C)Cc2c1c(Br)cn(C)c2=O.CCOC(=O)C1=C(C)Cc2c1c(C#CC(C)(O)c1cccc(-c3cccnc3)c1)cn(C)c2=O.CCOC(=O)C1=C(C)Cc2c1c(C#CC(C)(O)c1cccc(Br)c1)cn(C)c2=O.OB(O)c1cccnc1. The van der Waals surface area contributed by atoms with Crippen LogP contribution in [0.2, 0.25) is 0 Å². The number of fused-ring (bicyclic) bond motifs is 3. The van der Waals surface area contributed by atoms with E-state index in [1.54, 1.807) is 117 Å². The van der Waals surface area contributed by atoms with E-state index in [0.29, 0.717) is 108 Å². The fourth-order valence-corrected chi connectivity index (χ4v) is 13.0. The number of carbonyl (C=O) groups excluding carboxylic acids is 3. The smallest absolute Gasteiger partial charge is 0.462 e. The molecule has 26 heteroatoms. The summed E-state index contributed by atoms with van der Waals surface area (Å²) in [5, 5.41) is 48.6. The number of halogens is 6. The average Bonchev–Trinajstić information content (AvgIpc) is 1.63. The Hall–Kier alpha value is -9.79. The van der Waals surface area contributed by atoms with Gasteiger partial charge in [0.1, 0.15) is 11.2 Å².